The molecule has 5 nitrogen and oxygen atoms in total. The highest BCUT2D eigenvalue weighted by Crippen LogP contribution is 2.23. The summed E-state index contributed by atoms with van der Waals surface area (Å²) in [7, 11) is 0. The maximum Gasteiger partial charge on any atom is 0.266 e. The Kier molecular flexibility index (Phi) is 6.23. The number of aromatic nitrogens is 2. The van der Waals surface area contributed by atoms with Crippen molar-refractivity contribution in [2.75, 3.05) is 18.8 Å². The number of likely N-dealkylation sites (tertiary alicyclic amines) is 1. The van der Waals surface area contributed by atoms with Gasteiger partial charge in [-0.2, -0.15) is 0 Å². The van der Waals surface area contributed by atoms with Crippen LogP contribution in [0.4, 0.5) is 0 Å². The molecule has 0 saturated carbocycles. The van der Waals surface area contributed by atoms with Crippen molar-refractivity contribution in [1.82, 2.24) is 14.5 Å². The maximum atomic E-state index is 13.3. The van der Waals surface area contributed by atoms with E-state index in [4.69, 9.17) is 4.98 Å². The molecule has 1 amide bonds. The van der Waals surface area contributed by atoms with E-state index in [1.165, 1.54) is 23.7 Å². The van der Waals surface area contributed by atoms with E-state index in [0.29, 0.717) is 22.0 Å². The summed E-state index contributed by atoms with van der Waals surface area (Å²) >= 11 is 1.34. The first-order valence-corrected chi connectivity index (χ1v) is 11.6. The van der Waals surface area contributed by atoms with Gasteiger partial charge >= 0.3 is 0 Å². The Morgan fingerprint density at radius 1 is 1.17 bits per heavy atom. The van der Waals surface area contributed by atoms with Gasteiger partial charge in [0.25, 0.3) is 5.56 Å². The Morgan fingerprint density at radius 3 is 2.67 bits per heavy atom. The molecule has 1 fully saturated rings. The molecule has 0 radical (unpaired) electrons. The molecule has 156 valence electrons. The minimum Gasteiger partial charge on any atom is -0.342 e. The molecule has 6 heteroatoms. The molecule has 30 heavy (non-hydrogen) atoms. The molecule has 0 unspecified atom stereocenters. The lowest BCUT2D eigenvalue weighted by molar-refractivity contribution is -0.130. The van der Waals surface area contributed by atoms with E-state index in [2.05, 4.69) is 13.8 Å². The van der Waals surface area contributed by atoms with Gasteiger partial charge in [0.2, 0.25) is 5.91 Å². The van der Waals surface area contributed by atoms with Crippen LogP contribution in [0, 0.1) is 5.92 Å². The molecule has 3 aromatic rings. The maximum absolute atomic E-state index is 13.3. The van der Waals surface area contributed by atoms with Crippen molar-refractivity contribution in [3.8, 4) is 5.69 Å². The van der Waals surface area contributed by atoms with E-state index in [0.717, 1.165) is 31.6 Å². The Morgan fingerprint density at radius 2 is 1.93 bits per heavy atom. The van der Waals surface area contributed by atoms with Gasteiger partial charge in [-0.25, -0.2) is 4.98 Å². The van der Waals surface area contributed by atoms with Gasteiger partial charge in [0.05, 0.1) is 22.3 Å². The molecule has 1 aliphatic heterocycles. The fraction of sp³-hybridized carbons (Fsp3) is 0.375. The van der Waals surface area contributed by atoms with Crippen LogP contribution in [0.2, 0.25) is 0 Å². The summed E-state index contributed by atoms with van der Waals surface area (Å²) in [5.41, 5.74) is 2.54. The van der Waals surface area contributed by atoms with E-state index in [1.807, 2.05) is 47.4 Å². The number of rotatable bonds is 5. The third-order valence-corrected chi connectivity index (χ3v) is 6.61. The lowest BCUT2D eigenvalue weighted by atomic mass is 10.0. The monoisotopic (exact) mass is 421 g/mol. The van der Waals surface area contributed by atoms with Gasteiger partial charge in [-0.3, -0.25) is 14.2 Å². The minimum atomic E-state index is -0.105. The number of piperidine rings is 1. The molecular weight excluding hydrogens is 394 g/mol. The van der Waals surface area contributed by atoms with E-state index < -0.39 is 0 Å². The lowest BCUT2D eigenvalue weighted by Crippen LogP contribution is -2.40. The van der Waals surface area contributed by atoms with Crippen molar-refractivity contribution < 1.29 is 4.79 Å². The second kappa shape index (κ2) is 9.04. The minimum absolute atomic E-state index is 0.105. The third kappa shape index (κ3) is 4.29. The number of carbonyl (C=O) groups is 1. The number of carbonyl (C=O) groups excluding carboxylic acids is 1. The molecule has 0 spiro atoms. The van der Waals surface area contributed by atoms with Gasteiger partial charge < -0.3 is 4.90 Å². The zero-order valence-electron chi connectivity index (χ0n) is 17.5. The molecule has 0 bridgehead atoms. The van der Waals surface area contributed by atoms with Crippen molar-refractivity contribution in [1.29, 1.82) is 0 Å². The van der Waals surface area contributed by atoms with Gasteiger partial charge in [0.15, 0.2) is 5.16 Å². The Hall–Kier alpha value is -2.60. The number of hydrogen-bond donors (Lipinski definition) is 0. The van der Waals surface area contributed by atoms with Crippen molar-refractivity contribution in [2.45, 2.75) is 38.3 Å². The molecule has 1 aliphatic rings. The summed E-state index contributed by atoms with van der Waals surface area (Å²) in [4.78, 5) is 32.8. The van der Waals surface area contributed by atoms with Gasteiger partial charge in [-0.1, -0.05) is 49.9 Å². The molecule has 0 aliphatic carbocycles. The zero-order valence-corrected chi connectivity index (χ0v) is 18.3. The van der Waals surface area contributed by atoms with Crippen LogP contribution >= 0.6 is 11.8 Å². The van der Waals surface area contributed by atoms with E-state index in [-0.39, 0.29) is 17.2 Å². The first kappa shape index (κ1) is 20.7. The standard InChI is InChI=1S/C24H27N3O2S/c1-3-18-10-12-19(13-11-18)27-23(29)20-8-4-5-9-21(20)25-24(27)30-16-22(28)26-14-6-7-17(2)15-26/h4-5,8-13,17H,3,6-7,14-16H2,1-2H3/t17-/m1/s1. The predicted molar refractivity (Wildman–Crippen MR) is 122 cm³/mol. The van der Waals surface area contributed by atoms with Crippen molar-refractivity contribution >= 4 is 28.6 Å². The first-order chi connectivity index (χ1) is 14.6. The Labute approximate surface area is 181 Å². The zero-order chi connectivity index (χ0) is 21.1. The number of benzene rings is 2. The highest BCUT2D eigenvalue weighted by Gasteiger charge is 2.22. The normalized spacial score (nSPS) is 16.7. The number of hydrogen-bond acceptors (Lipinski definition) is 4. The van der Waals surface area contributed by atoms with Crippen LogP contribution < -0.4 is 5.56 Å². The second-order valence-corrected chi connectivity index (χ2v) is 8.89. The van der Waals surface area contributed by atoms with Crippen molar-refractivity contribution in [3.63, 3.8) is 0 Å². The lowest BCUT2D eigenvalue weighted by Gasteiger charge is -2.30. The molecule has 1 aromatic heterocycles. The summed E-state index contributed by atoms with van der Waals surface area (Å²) in [5.74, 6) is 0.938. The Bertz CT molecular complexity index is 1110. The van der Waals surface area contributed by atoms with Crippen LogP contribution in [0.5, 0.6) is 0 Å². The first-order valence-electron chi connectivity index (χ1n) is 10.6. The quantitative estimate of drug-likeness (QED) is 0.455. The number of aryl methyl sites for hydroxylation is 1. The molecule has 2 aromatic carbocycles. The van der Waals surface area contributed by atoms with Crippen LogP contribution in [-0.2, 0) is 11.2 Å². The summed E-state index contributed by atoms with van der Waals surface area (Å²) in [6.07, 6.45) is 3.17. The van der Waals surface area contributed by atoms with Gasteiger partial charge in [0, 0.05) is 13.1 Å². The average molecular weight is 422 g/mol. The second-order valence-electron chi connectivity index (χ2n) is 7.95. The van der Waals surface area contributed by atoms with Gasteiger partial charge in [0.1, 0.15) is 0 Å². The largest absolute Gasteiger partial charge is 0.342 e. The van der Waals surface area contributed by atoms with Crippen LogP contribution in [0.15, 0.2) is 58.5 Å². The van der Waals surface area contributed by atoms with Crippen LogP contribution in [0.3, 0.4) is 0 Å². The smallest absolute Gasteiger partial charge is 0.266 e. The summed E-state index contributed by atoms with van der Waals surface area (Å²) < 4.78 is 1.64. The van der Waals surface area contributed by atoms with Crippen LogP contribution in [0.1, 0.15) is 32.3 Å². The molecule has 0 N–H and O–H groups in total. The summed E-state index contributed by atoms with van der Waals surface area (Å²) in [6, 6.07) is 15.4. The number of para-hydroxylation sites is 1. The van der Waals surface area contributed by atoms with E-state index >= 15 is 0 Å². The van der Waals surface area contributed by atoms with Crippen LogP contribution in [0.25, 0.3) is 16.6 Å². The predicted octanol–water partition coefficient (Wildman–Crippen LogP) is 4.30. The number of thioether (sulfide) groups is 1. The van der Waals surface area contributed by atoms with Gasteiger partial charge in [-0.15, -0.1) is 0 Å². The molecule has 2 heterocycles. The number of amides is 1. The fourth-order valence-corrected chi connectivity index (χ4v) is 4.87. The van der Waals surface area contributed by atoms with E-state index in [1.54, 1.807) is 10.6 Å². The third-order valence-electron chi connectivity index (χ3n) is 5.68. The van der Waals surface area contributed by atoms with Crippen molar-refractivity contribution in [2.24, 2.45) is 5.92 Å². The molecule has 1 saturated heterocycles. The number of nitrogens with zero attached hydrogens (tertiary/aromatic N) is 3. The van der Waals surface area contributed by atoms with Crippen LogP contribution in [-0.4, -0.2) is 39.2 Å². The topological polar surface area (TPSA) is 55.2 Å². The van der Waals surface area contributed by atoms with E-state index in [9.17, 15) is 9.59 Å². The molecular formula is C24H27N3O2S. The number of fused-ring (bicyclic) bond motifs is 1. The Balaban J connectivity index is 1.68. The highest BCUT2D eigenvalue weighted by atomic mass is 32.2. The van der Waals surface area contributed by atoms with Gasteiger partial charge in [-0.05, 0) is 55.0 Å². The summed E-state index contributed by atoms with van der Waals surface area (Å²) in [5, 5.41) is 1.14. The molecule has 4 rings (SSSR count). The summed E-state index contributed by atoms with van der Waals surface area (Å²) in [6.45, 7) is 5.93. The molecule has 1 atom stereocenters. The highest BCUT2D eigenvalue weighted by molar-refractivity contribution is 7.99. The SMILES string of the molecule is CCc1ccc(-n2c(SCC(=O)N3CCC[C@@H](C)C3)nc3ccccc3c2=O)cc1. The fourth-order valence-electron chi connectivity index (χ4n) is 3.95. The van der Waals surface area contributed by atoms with Crippen molar-refractivity contribution in [3.05, 3.63) is 64.4 Å². The average Bonchev–Trinajstić information content (AvgIpc) is 2.78.